The van der Waals surface area contributed by atoms with E-state index in [9.17, 15) is 13.6 Å². The Hall–Kier alpha value is -3.03. The standard InChI is InChI=1S/C24H20Cl2F2N2O3/c1-32-18-9-13-5-6-30(24(31)29-20-4-3-17(27)11-19(20)28)23(22(13)21(12-18)33-2)14-7-15(25)10-16(26)8-14/h3-4,7-12,23H,5-6H2,1-2H3,(H,29,31). The number of nitrogens with zero attached hydrogens (tertiary/aromatic N) is 1. The molecule has 3 aromatic rings. The Morgan fingerprint density at radius 2 is 1.76 bits per heavy atom. The van der Waals surface area contributed by atoms with Crippen LogP contribution in [0.15, 0.2) is 48.5 Å². The third kappa shape index (κ3) is 4.70. The summed E-state index contributed by atoms with van der Waals surface area (Å²) in [4.78, 5) is 14.9. The minimum atomic E-state index is -0.870. The summed E-state index contributed by atoms with van der Waals surface area (Å²) in [5, 5.41) is 3.35. The van der Waals surface area contributed by atoms with Crippen molar-refractivity contribution < 1.29 is 23.0 Å². The van der Waals surface area contributed by atoms with Crippen LogP contribution < -0.4 is 14.8 Å². The molecule has 1 aliphatic rings. The van der Waals surface area contributed by atoms with Crippen molar-refractivity contribution in [3.8, 4) is 11.5 Å². The van der Waals surface area contributed by atoms with Crippen molar-refractivity contribution in [2.45, 2.75) is 12.5 Å². The van der Waals surface area contributed by atoms with Crippen LogP contribution in [0.3, 0.4) is 0 Å². The van der Waals surface area contributed by atoms with E-state index in [2.05, 4.69) is 5.32 Å². The van der Waals surface area contributed by atoms with Crippen molar-refractivity contribution in [1.82, 2.24) is 4.90 Å². The van der Waals surface area contributed by atoms with Gasteiger partial charge in [0.25, 0.3) is 0 Å². The number of fused-ring (bicyclic) bond motifs is 1. The summed E-state index contributed by atoms with van der Waals surface area (Å²) < 4.78 is 38.5. The molecule has 0 fully saturated rings. The fourth-order valence-electron chi connectivity index (χ4n) is 4.06. The molecule has 4 rings (SSSR count). The maximum atomic E-state index is 14.2. The first-order valence-corrected chi connectivity index (χ1v) is 10.8. The molecular formula is C24H20Cl2F2N2O3. The predicted molar refractivity (Wildman–Crippen MR) is 124 cm³/mol. The first-order valence-electron chi connectivity index (χ1n) is 10.0. The number of methoxy groups -OCH3 is 2. The highest BCUT2D eigenvalue weighted by Gasteiger charge is 2.35. The van der Waals surface area contributed by atoms with Crippen LogP contribution in [0.4, 0.5) is 19.3 Å². The number of carbonyl (C=O) groups excluding carboxylic acids is 1. The molecule has 9 heteroatoms. The minimum absolute atomic E-state index is 0.128. The zero-order valence-electron chi connectivity index (χ0n) is 17.8. The van der Waals surface area contributed by atoms with Gasteiger partial charge in [0, 0.05) is 34.3 Å². The zero-order valence-corrected chi connectivity index (χ0v) is 19.3. The van der Waals surface area contributed by atoms with Crippen LogP contribution in [0.2, 0.25) is 10.0 Å². The fraction of sp³-hybridized carbons (Fsp3) is 0.208. The number of nitrogens with one attached hydrogen (secondary N) is 1. The van der Waals surface area contributed by atoms with Gasteiger partial charge in [-0.3, -0.25) is 0 Å². The smallest absolute Gasteiger partial charge is 0.322 e. The second-order valence-electron chi connectivity index (χ2n) is 7.51. The molecule has 0 aromatic heterocycles. The molecule has 1 N–H and O–H groups in total. The highest BCUT2D eigenvalue weighted by Crippen LogP contribution is 2.44. The first kappa shape index (κ1) is 23.1. The van der Waals surface area contributed by atoms with E-state index in [4.69, 9.17) is 32.7 Å². The molecule has 3 aromatic carbocycles. The maximum absolute atomic E-state index is 14.2. The lowest BCUT2D eigenvalue weighted by molar-refractivity contribution is 0.192. The second kappa shape index (κ2) is 9.45. The highest BCUT2D eigenvalue weighted by atomic mass is 35.5. The van der Waals surface area contributed by atoms with Gasteiger partial charge in [0.05, 0.1) is 25.9 Å². The highest BCUT2D eigenvalue weighted by molar-refractivity contribution is 6.34. The third-order valence-corrected chi connectivity index (χ3v) is 5.93. The molecule has 1 heterocycles. The molecule has 5 nitrogen and oxygen atoms in total. The molecule has 0 aliphatic carbocycles. The minimum Gasteiger partial charge on any atom is -0.497 e. The number of hydrogen-bond donors (Lipinski definition) is 1. The summed E-state index contributed by atoms with van der Waals surface area (Å²) in [6.45, 7) is 0.312. The molecule has 1 atom stereocenters. The molecule has 0 spiro atoms. The van der Waals surface area contributed by atoms with E-state index < -0.39 is 23.7 Å². The van der Waals surface area contributed by atoms with E-state index in [1.807, 2.05) is 6.07 Å². The van der Waals surface area contributed by atoms with Gasteiger partial charge in [0.1, 0.15) is 23.1 Å². The number of ether oxygens (including phenoxy) is 2. The summed E-state index contributed by atoms with van der Waals surface area (Å²) in [6, 6.07) is 10.4. The average molecular weight is 493 g/mol. The Morgan fingerprint density at radius 3 is 2.39 bits per heavy atom. The van der Waals surface area contributed by atoms with Crippen molar-refractivity contribution >= 4 is 34.9 Å². The Bertz CT molecular complexity index is 1190. The van der Waals surface area contributed by atoms with Crippen LogP contribution in [0.5, 0.6) is 11.5 Å². The lowest BCUT2D eigenvalue weighted by Gasteiger charge is -2.38. The van der Waals surface area contributed by atoms with E-state index in [1.54, 1.807) is 36.3 Å². The third-order valence-electron chi connectivity index (χ3n) is 5.50. The SMILES string of the molecule is COc1cc2c(c(OC)c1)C(c1cc(Cl)cc(Cl)c1)N(C(=O)Nc1ccc(F)cc1F)CC2. The van der Waals surface area contributed by atoms with E-state index >= 15 is 0 Å². The maximum Gasteiger partial charge on any atom is 0.322 e. The molecule has 1 aliphatic heterocycles. The van der Waals surface area contributed by atoms with Crippen LogP contribution in [-0.2, 0) is 6.42 Å². The Morgan fingerprint density at radius 1 is 1.03 bits per heavy atom. The summed E-state index contributed by atoms with van der Waals surface area (Å²) in [5.41, 5.74) is 2.21. The molecule has 0 bridgehead atoms. The number of hydrogen-bond acceptors (Lipinski definition) is 3. The second-order valence-corrected chi connectivity index (χ2v) is 8.38. The van der Waals surface area contributed by atoms with Crippen molar-refractivity contribution in [2.75, 3.05) is 26.1 Å². The predicted octanol–water partition coefficient (Wildman–Crippen LogP) is 6.47. The molecule has 172 valence electrons. The molecular weight excluding hydrogens is 473 g/mol. The summed E-state index contributed by atoms with van der Waals surface area (Å²) >= 11 is 12.5. The number of amides is 2. The topological polar surface area (TPSA) is 50.8 Å². The van der Waals surface area contributed by atoms with Crippen molar-refractivity contribution in [3.63, 3.8) is 0 Å². The quantitative estimate of drug-likeness (QED) is 0.454. The van der Waals surface area contributed by atoms with Crippen LogP contribution in [0.1, 0.15) is 22.7 Å². The van der Waals surface area contributed by atoms with Gasteiger partial charge in [0.15, 0.2) is 0 Å². The average Bonchev–Trinajstić information content (AvgIpc) is 2.78. The molecule has 0 saturated carbocycles. The molecule has 33 heavy (non-hydrogen) atoms. The number of urea groups is 1. The number of rotatable bonds is 4. The Kier molecular flexibility index (Phi) is 6.63. The van der Waals surface area contributed by atoms with E-state index in [-0.39, 0.29) is 5.69 Å². The number of anilines is 1. The van der Waals surface area contributed by atoms with Crippen LogP contribution in [0, 0.1) is 11.6 Å². The van der Waals surface area contributed by atoms with E-state index in [0.29, 0.717) is 46.1 Å². The number of benzene rings is 3. The van der Waals surface area contributed by atoms with Crippen LogP contribution >= 0.6 is 23.2 Å². The first-order chi connectivity index (χ1) is 15.8. The lowest BCUT2D eigenvalue weighted by atomic mass is 9.87. The van der Waals surface area contributed by atoms with Crippen LogP contribution in [0.25, 0.3) is 0 Å². The monoisotopic (exact) mass is 492 g/mol. The summed E-state index contributed by atoms with van der Waals surface area (Å²) in [6.07, 6.45) is 0.507. The largest absolute Gasteiger partial charge is 0.497 e. The lowest BCUT2D eigenvalue weighted by Crippen LogP contribution is -2.43. The van der Waals surface area contributed by atoms with Gasteiger partial charge < -0.3 is 19.7 Å². The van der Waals surface area contributed by atoms with Crippen LogP contribution in [-0.4, -0.2) is 31.7 Å². The Labute approximate surface area is 199 Å². The summed E-state index contributed by atoms with van der Waals surface area (Å²) in [5.74, 6) is -0.455. The zero-order chi connectivity index (χ0) is 23.7. The van der Waals surface area contributed by atoms with Gasteiger partial charge in [0.2, 0.25) is 0 Å². The number of halogens is 4. The Balaban J connectivity index is 1.82. The molecule has 1 unspecified atom stereocenters. The van der Waals surface area contributed by atoms with Crippen molar-refractivity contribution in [3.05, 3.63) is 86.9 Å². The summed E-state index contributed by atoms with van der Waals surface area (Å²) in [7, 11) is 3.10. The van der Waals surface area contributed by atoms with Gasteiger partial charge in [-0.25, -0.2) is 13.6 Å². The normalized spacial score (nSPS) is 15.1. The van der Waals surface area contributed by atoms with E-state index in [1.165, 1.54) is 13.2 Å². The van der Waals surface area contributed by atoms with Gasteiger partial charge in [-0.2, -0.15) is 0 Å². The van der Waals surface area contributed by atoms with Gasteiger partial charge in [-0.1, -0.05) is 23.2 Å². The molecule has 0 saturated heterocycles. The number of carbonyl (C=O) groups is 1. The van der Waals surface area contributed by atoms with Gasteiger partial charge in [-0.05, 0) is 53.9 Å². The van der Waals surface area contributed by atoms with Crippen molar-refractivity contribution in [1.29, 1.82) is 0 Å². The molecule has 0 radical (unpaired) electrons. The van der Waals surface area contributed by atoms with Gasteiger partial charge in [-0.15, -0.1) is 0 Å². The van der Waals surface area contributed by atoms with E-state index in [0.717, 1.165) is 17.2 Å². The van der Waals surface area contributed by atoms with Crippen molar-refractivity contribution in [2.24, 2.45) is 0 Å². The van der Waals surface area contributed by atoms with Gasteiger partial charge >= 0.3 is 6.03 Å². The fourth-order valence-corrected chi connectivity index (χ4v) is 4.61. The molecule has 2 amide bonds.